The van der Waals surface area contributed by atoms with Crippen molar-refractivity contribution in [1.29, 1.82) is 0 Å². The molecule has 0 spiro atoms. The first kappa shape index (κ1) is 21.7. The number of methoxy groups -OCH3 is 1. The number of carbonyl (C=O) groups excluding carboxylic acids is 1. The predicted octanol–water partition coefficient (Wildman–Crippen LogP) is 4.76. The van der Waals surface area contributed by atoms with Crippen molar-refractivity contribution < 1.29 is 18.7 Å². The van der Waals surface area contributed by atoms with Crippen molar-refractivity contribution >= 4 is 5.91 Å². The van der Waals surface area contributed by atoms with E-state index in [0.29, 0.717) is 18.7 Å². The molecule has 34 heavy (non-hydrogen) atoms. The van der Waals surface area contributed by atoms with E-state index in [1.165, 1.54) is 0 Å². The lowest BCUT2D eigenvalue weighted by atomic mass is 10.0. The first-order valence-corrected chi connectivity index (χ1v) is 11.1. The number of furan rings is 1. The number of aryl methyl sites for hydroxylation is 2. The van der Waals surface area contributed by atoms with E-state index in [2.05, 4.69) is 15.3 Å². The Morgan fingerprint density at radius 1 is 1.12 bits per heavy atom. The highest BCUT2D eigenvalue weighted by Gasteiger charge is 2.27. The first-order valence-electron chi connectivity index (χ1n) is 11.1. The molecular formula is C27H25N3O4. The minimum atomic E-state index is -0.278. The highest BCUT2D eigenvalue weighted by Crippen LogP contribution is 2.38. The van der Waals surface area contributed by atoms with Crippen molar-refractivity contribution in [3.8, 4) is 34.1 Å². The largest absolute Gasteiger partial charge is 0.497 e. The van der Waals surface area contributed by atoms with Gasteiger partial charge in [0.05, 0.1) is 30.7 Å². The van der Waals surface area contributed by atoms with Crippen LogP contribution in [0.25, 0.3) is 22.6 Å². The predicted molar refractivity (Wildman–Crippen MR) is 128 cm³/mol. The van der Waals surface area contributed by atoms with E-state index in [0.717, 1.165) is 45.3 Å². The number of hydrogen-bond donors (Lipinski definition) is 1. The summed E-state index contributed by atoms with van der Waals surface area (Å²) in [7, 11) is 1.62. The van der Waals surface area contributed by atoms with E-state index in [1.54, 1.807) is 25.4 Å². The molecule has 0 saturated carbocycles. The smallest absolute Gasteiger partial charge is 0.287 e. The van der Waals surface area contributed by atoms with E-state index in [-0.39, 0.29) is 17.8 Å². The number of fused-ring (bicyclic) bond motifs is 1. The van der Waals surface area contributed by atoms with Crippen molar-refractivity contribution in [3.63, 3.8) is 0 Å². The lowest BCUT2D eigenvalue weighted by Gasteiger charge is -2.14. The second-order valence-corrected chi connectivity index (χ2v) is 8.29. The molecule has 0 bridgehead atoms. The highest BCUT2D eigenvalue weighted by molar-refractivity contribution is 5.92. The lowest BCUT2D eigenvalue weighted by Crippen LogP contribution is -2.34. The zero-order valence-electron chi connectivity index (χ0n) is 19.3. The molecule has 5 rings (SSSR count). The Kier molecular flexibility index (Phi) is 5.76. The SMILES string of the molecule is COc1ccc(-c2ccc(C(=O)NCC3Cc4cccc(-c5nc(C)cnc5C)c4O3)o2)cc1. The van der Waals surface area contributed by atoms with Gasteiger partial charge in [-0.15, -0.1) is 0 Å². The minimum Gasteiger partial charge on any atom is -0.497 e. The number of ether oxygens (including phenoxy) is 2. The van der Waals surface area contributed by atoms with E-state index in [9.17, 15) is 4.79 Å². The third kappa shape index (κ3) is 4.24. The molecule has 7 heteroatoms. The summed E-state index contributed by atoms with van der Waals surface area (Å²) in [6.07, 6.45) is 2.29. The number of carbonyl (C=O) groups is 1. The van der Waals surface area contributed by atoms with Gasteiger partial charge in [-0.2, -0.15) is 0 Å². The highest BCUT2D eigenvalue weighted by atomic mass is 16.5. The molecule has 0 radical (unpaired) electrons. The van der Waals surface area contributed by atoms with Crippen molar-refractivity contribution in [2.24, 2.45) is 0 Å². The molecule has 172 valence electrons. The molecule has 4 aromatic rings. The second kappa shape index (κ2) is 9.02. The van der Waals surface area contributed by atoms with Gasteiger partial charge in [-0.05, 0) is 61.9 Å². The molecule has 1 unspecified atom stereocenters. The van der Waals surface area contributed by atoms with Crippen molar-refractivity contribution in [2.75, 3.05) is 13.7 Å². The summed E-state index contributed by atoms with van der Waals surface area (Å²) in [5.74, 6) is 2.17. The number of nitrogens with zero attached hydrogens (tertiary/aromatic N) is 2. The standard InChI is InChI=1S/C27H25N3O4/c1-16-14-28-17(2)25(30-16)22-6-4-5-19-13-21(33-26(19)22)15-29-27(31)24-12-11-23(34-24)18-7-9-20(32-3)10-8-18/h4-12,14,21H,13,15H2,1-3H3,(H,29,31). The van der Waals surface area contributed by atoms with Crippen molar-refractivity contribution in [1.82, 2.24) is 15.3 Å². The quantitative estimate of drug-likeness (QED) is 0.451. The van der Waals surface area contributed by atoms with E-state index in [4.69, 9.17) is 13.9 Å². The molecule has 0 saturated heterocycles. The summed E-state index contributed by atoms with van der Waals surface area (Å²) in [4.78, 5) is 21.8. The lowest BCUT2D eigenvalue weighted by molar-refractivity contribution is 0.0907. The van der Waals surface area contributed by atoms with Crippen LogP contribution in [0.3, 0.4) is 0 Å². The minimum absolute atomic E-state index is 0.172. The van der Waals surface area contributed by atoms with Crippen LogP contribution in [0, 0.1) is 13.8 Å². The Morgan fingerprint density at radius 2 is 1.94 bits per heavy atom. The van der Waals surface area contributed by atoms with Crippen LogP contribution in [-0.4, -0.2) is 35.6 Å². The fourth-order valence-corrected chi connectivity index (χ4v) is 4.10. The molecule has 2 aromatic carbocycles. The third-order valence-corrected chi connectivity index (χ3v) is 5.85. The molecule has 1 atom stereocenters. The number of hydrogen-bond acceptors (Lipinski definition) is 6. The summed E-state index contributed by atoms with van der Waals surface area (Å²) in [6, 6.07) is 17.0. The summed E-state index contributed by atoms with van der Waals surface area (Å²) in [6.45, 7) is 4.23. The van der Waals surface area contributed by atoms with E-state index >= 15 is 0 Å². The number of amides is 1. The number of rotatable bonds is 6. The first-order chi connectivity index (χ1) is 16.5. The van der Waals surface area contributed by atoms with Gasteiger partial charge in [-0.3, -0.25) is 9.78 Å². The van der Waals surface area contributed by atoms with Crippen LogP contribution in [0.4, 0.5) is 0 Å². The molecule has 3 heterocycles. The average molecular weight is 456 g/mol. The summed E-state index contributed by atoms with van der Waals surface area (Å²) < 4.78 is 17.2. The Hall–Kier alpha value is -4.13. The van der Waals surface area contributed by atoms with Gasteiger partial charge in [-0.1, -0.05) is 12.1 Å². The van der Waals surface area contributed by atoms with Gasteiger partial charge in [0.15, 0.2) is 5.76 Å². The molecule has 0 aliphatic carbocycles. The van der Waals surface area contributed by atoms with Crippen LogP contribution in [0.2, 0.25) is 0 Å². The van der Waals surface area contributed by atoms with Gasteiger partial charge in [-0.25, -0.2) is 4.98 Å². The van der Waals surface area contributed by atoms with Crippen LogP contribution in [0.15, 0.2) is 65.2 Å². The molecule has 0 fully saturated rings. The second-order valence-electron chi connectivity index (χ2n) is 8.29. The van der Waals surface area contributed by atoms with Gasteiger partial charge in [0.25, 0.3) is 5.91 Å². The Bertz CT molecular complexity index is 1340. The van der Waals surface area contributed by atoms with Crippen molar-refractivity contribution in [2.45, 2.75) is 26.4 Å². The maximum Gasteiger partial charge on any atom is 0.287 e. The summed E-state index contributed by atoms with van der Waals surface area (Å²) in [5, 5.41) is 2.93. The van der Waals surface area contributed by atoms with Crippen LogP contribution in [0.5, 0.6) is 11.5 Å². The Labute approximate surface area is 197 Å². The molecule has 1 N–H and O–H groups in total. The van der Waals surface area contributed by atoms with E-state index < -0.39 is 0 Å². The zero-order chi connectivity index (χ0) is 23.7. The van der Waals surface area contributed by atoms with Gasteiger partial charge >= 0.3 is 0 Å². The summed E-state index contributed by atoms with van der Waals surface area (Å²) >= 11 is 0. The molecule has 1 amide bonds. The fourth-order valence-electron chi connectivity index (χ4n) is 4.10. The van der Waals surface area contributed by atoms with Gasteiger partial charge < -0.3 is 19.2 Å². The maximum atomic E-state index is 12.7. The Balaban J connectivity index is 1.25. The molecular weight excluding hydrogens is 430 g/mol. The van der Waals surface area contributed by atoms with Crippen LogP contribution in [-0.2, 0) is 6.42 Å². The van der Waals surface area contributed by atoms with Gasteiger partial charge in [0, 0.05) is 23.7 Å². The summed E-state index contributed by atoms with van der Waals surface area (Å²) in [5.41, 5.74) is 5.42. The topological polar surface area (TPSA) is 86.5 Å². The molecule has 7 nitrogen and oxygen atoms in total. The molecule has 1 aliphatic heterocycles. The third-order valence-electron chi connectivity index (χ3n) is 5.85. The Morgan fingerprint density at radius 3 is 2.74 bits per heavy atom. The number of nitrogens with one attached hydrogen (secondary N) is 1. The zero-order valence-corrected chi connectivity index (χ0v) is 19.3. The van der Waals surface area contributed by atoms with Crippen LogP contribution in [0.1, 0.15) is 27.5 Å². The van der Waals surface area contributed by atoms with Gasteiger partial charge in [0.2, 0.25) is 0 Å². The van der Waals surface area contributed by atoms with Crippen LogP contribution >= 0.6 is 0 Å². The average Bonchev–Trinajstić information content (AvgIpc) is 3.51. The maximum absolute atomic E-state index is 12.7. The van der Waals surface area contributed by atoms with Gasteiger partial charge in [0.1, 0.15) is 23.4 Å². The monoisotopic (exact) mass is 455 g/mol. The van der Waals surface area contributed by atoms with Crippen LogP contribution < -0.4 is 14.8 Å². The molecule has 1 aliphatic rings. The number of aromatic nitrogens is 2. The number of para-hydroxylation sites is 1. The normalized spacial score (nSPS) is 14.4. The fraction of sp³-hybridized carbons (Fsp3) is 0.222. The van der Waals surface area contributed by atoms with Crippen molar-refractivity contribution in [3.05, 3.63) is 83.5 Å². The molecule has 2 aromatic heterocycles. The van der Waals surface area contributed by atoms with E-state index in [1.807, 2.05) is 56.3 Å². The number of benzene rings is 2.